The summed E-state index contributed by atoms with van der Waals surface area (Å²) >= 11 is 5.68. The summed E-state index contributed by atoms with van der Waals surface area (Å²) in [5.74, 6) is -0.695. The first kappa shape index (κ1) is 11.0. The first-order valence-corrected chi connectivity index (χ1v) is 4.43. The molecule has 1 atom stereocenters. The molecule has 76 valence electrons. The van der Waals surface area contributed by atoms with Crippen LogP contribution in [0, 0.1) is 0 Å². The molecule has 4 heteroatoms. The molecule has 1 aromatic rings. The summed E-state index contributed by atoms with van der Waals surface area (Å²) in [6, 6.07) is 6.38. The van der Waals surface area contributed by atoms with Crippen molar-refractivity contribution in [3.8, 4) is 0 Å². The van der Waals surface area contributed by atoms with Gasteiger partial charge in [0.25, 0.3) is 0 Å². The predicted molar refractivity (Wildman–Crippen MR) is 53.0 cm³/mol. The average Bonchev–Trinajstić information content (AvgIpc) is 2.17. The van der Waals surface area contributed by atoms with Gasteiger partial charge in [0.1, 0.15) is 0 Å². The molecular formula is C10H11ClO3. The van der Waals surface area contributed by atoms with E-state index >= 15 is 0 Å². The maximum Gasteiger partial charge on any atom is 0.342 e. The van der Waals surface area contributed by atoms with Crippen molar-refractivity contribution in [1.82, 2.24) is 0 Å². The van der Waals surface area contributed by atoms with Crippen LogP contribution >= 0.6 is 11.6 Å². The van der Waals surface area contributed by atoms with Crippen molar-refractivity contribution >= 4 is 17.6 Å². The molecule has 0 saturated carbocycles. The Balaban J connectivity index is 3.03. The zero-order valence-corrected chi connectivity index (χ0v) is 8.71. The van der Waals surface area contributed by atoms with Gasteiger partial charge in [0.15, 0.2) is 5.60 Å². The minimum Gasteiger partial charge on any atom is -0.467 e. The quantitative estimate of drug-likeness (QED) is 0.763. The standard InChI is InChI=1S/C10H11ClO3/c1-10(13,9(12)14-2)7-3-5-8(11)6-4-7/h3-6,13H,1-2H3. The van der Waals surface area contributed by atoms with Gasteiger partial charge in [-0.05, 0) is 24.6 Å². The second-order valence-corrected chi connectivity index (χ2v) is 3.51. The fourth-order valence-corrected chi connectivity index (χ4v) is 1.22. The van der Waals surface area contributed by atoms with E-state index in [9.17, 15) is 9.90 Å². The molecular weight excluding hydrogens is 204 g/mol. The molecule has 1 rings (SSSR count). The van der Waals surface area contributed by atoms with Gasteiger partial charge in [-0.25, -0.2) is 4.79 Å². The summed E-state index contributed by atoms with van der Waals surface area (Å²) in [7, 11) is 1.23. The molecule has 1 N–H and O–H groups in total. The van der Waals surface area contributed by atoms with Crippen molar-refractivity contribution in [2.24, 2.45) is 0 Å². The smallest absolute Gasteiger partial charge is 0.342 e. The van der Waals surface area contributed by atoms with Gasteiger partial charge in [0.05, 0.1) is 7.11 Å². The van der Waals surface area contributed by atoms with Gasteiger partial charge < -0.3 is 9.84 Å². The van der Waals surface area contributed by atoms with Gasteiger partial charge in [-0.1, -0.05) is 23.7 Å². The molecule has 3 nitrogen and oxygen atoms in total. The monoisotopic (exact) mass is 214 g/mol. The summed E-state index contributed by atoms with van der Waals surface area (Å²) in [5.41, 5.74) is -1.17. The fraction of sp³-hybridized carbons (Fsp3) is 0.300. The maximum absolute atomic E-state index is 11.2. The van der Waals surface area contributed by atoms with Gasteiger partial charge in [-0.3, -0.25) is 0 Å². The second-order valence-electron chi connectivity index (χ2n) is 3.07. The van der Waals surface area contributed by atoms with Crippen LogP contribution in [0.5, 0.6) is 0 Å². The van der Waals surface area contributed by atoms with Gasteiger partial charge in [-0.2, -0.15) is 0 Å². The number of hydrogen-bond donors (Lipinski definition) is 1. The minimum atomic E-state index is -1.63. The Kier molecular flexibility index (Phi) is 3.13. The Morgan fingerprint density at radius 2 is 1.93 bits per heavy atom. The van der Waals surface area contributed by atoms with Crippen LogP contribution in [0.4, 0.5) is 0 Å². The number of hydrogen-bond acceptors (Lipinski definition) is 3. The molecule has 0 heterocycles. The zero-order chi connectivity index (χ0) is 10.8. The van der Waals surface area contributed by atoms with Crippen LogP contribution in [0.2, 0.25) is 5.02 Å². The Labute approximate surface area is 87.3 Å². The maximum atomic E-state index is 11.2. The normalized spacial score (nSPS) is 14.6. The average molecular weight is 215 g/mol. The molecule has 0 fully saturated rings. The molecule has 0 aliphatic rings. The Morgan fingerprint density at radius 3 is 2.36 bits per heavy atom. The van der Waals surface area contributed by atoms with E-state index in [-0.39, 0.29) is 0 Å². The number of halogens is 1. The Bertz CT molecular complexity index is 330. The third-order valence-corrected chi connectivity index (χ3v) is 2.24. The highest BCUT2D eigenvalue weighted by molar-refractivity contribution is 6.30. The number of rotatable bonds is 2. The number of methoxy groups -OCH3 is 1. The van der Waals surface area contributed by atoms with Crippen LogP contribution in [0.3, 0.4) is 0 Å². The molecule has 1 aromatic carbocycles. The Morgan fingerprint density at radius 1 is 1.43 bits per heavy atom. The third-order valence-electron chi connectivity index (χ3n) is 1.99. The molecule has 0 spiro atoms. The van der Waals surface area contributed by atoms with Crippen molar-refractivity contribution in [3.63, 3.8) is 0 Å². The summed E-state index contributed by atoms with van der Waals surface area (Å²) < 4.78 is 4.48. The third kappa shape index (κ3) is 2.05. The number of esters is 1. The van der Waals surface area contributed by atoms with Gasteiger partial charge in [0, 0.05) is 5.02 Å². The number of aliphatic hydroxyl groups is 1. The summed E-state index contributed by atoms with van der Waals surface area (Å²) in [4.78, 5) is 11.2. The van der Waals surface area contributed by atoms with Gasteiger partial charge in [-0.15, -0.1) is 0 Å². The molecule has 0 aliphatic carbocycles. The summed E-state index contributed by atoms with van der Waals surface area (Å²) in [6.45, 7) is 1.38. The first-order chi connectivity index (χ1) is 6.48. The van der Waals surface area contributed by atoms with E-state index in [2.05, 4.69) is 4.74 Å². The fourth-order valence-electron chi connectivity index (χ4n) is 1.09. The second kappa shape index (κ2) is 3.98. The van der Waals surface area contributed by atoms with Crippen molar-refractivity contribution in [2.45, 2.75) is 12.5 Å². The van der Waals surface area contributed by atoms with Gasteiger partial charge in [0.2, 0.25) is 0 Å². The van der Waals surface area contributed by atoms with E-state index in [4.69, 9.17) is 11.6 Å². The van der Waals surface area contributed by atoms with E-state index in [1.807, 2.05) is 0 Å². The molecule has 1 unspecified atom stereocenters. The lowest BCUT2D eigenvalue weighted by Crippen LogP contribution is -2.33. The summed E-state index contributed by atoms with van der Waals surface area (Å²) in [5, 5.41) is 10.4. The molecule has 14 heavy (non-hydrogen) atoms. The lowest BCUT2D eigenvalue weighted by Gasteiger charge is -2.20. The molecule has 0 bridgehead atoms. The van der Waals surface area contributed by atoms with Crippen LogP contribution in [-0.4, -0.2) is 18.2 Å². The number of carbonyl (C=O) groups excluding carboxylic acids is 1. The van der Waals surface area contributed by atoms with Crippen molar-refractivity contribution in [1.29, 1.82) is 0 Å². The van der Waals surface area contributed by atoms with E-state index in [1.54, 1.807) is 24.3 Å². The van der Waals surface area contributed by atoms with E-state index < -0.39 is 11.6 Å². The zero-order valence-electron chi connectivity index (χ0n) is 7.95. The van der Waals surface area contributed by atoms with Crippen molar-refractivity contribution in [2.75, 3.05) is 7.11 Å². The molecule has 0 amide bonds. The Hall–Kier alpha value is -1.06. The molecule has 0 radical (unpaired) electrons. The SMILES string of the molecule is COC(=O)C(C)(O)c1ccc(Cl)cc1. The highest BCUT2D eigenvalue weighted by Crippen LogP contribution is 2.23. The van der Waals surface area contributed by atoms with E-state index in [0.29, 0.717) is 10.6 Å². The van der Waals surface area contributed by atoms with Crippen molar-refractivity contribution < 1.29 is 14.6 Å². The molecule has 0 saturated heterocycles. The lowest BCUT2D eigenvalue weighted by atomic mass is 9.96. The summed E-state index contributed by atoms with van der Waals surface area (Å²) in [6.07, 6.45) is 0. The largest absolute Gasteiger partial charge is 0.467 e. The minimum absolute atomic E-state index is 0.453. The van der Waals surface area contributed by atoms with Gasteiger partial charge >= 0.3 is 5.97 Å². The van der Waals surface area contributed by atoms with Crippen LogP contribution < -0.4 is 0 Å². The number of carbonyl (C=O) groups is 1. The van der Waals surface area contributed by atoms with E-state index in [1.165, 1.54) is 14.0 Å². The number of ether oxygens (including phenoxy) is 1. The van der Waals surface area contributed by atoms with Crippen molar-refractivity contribution in [3.05, 3.63) is 34.9 Å². The first-order valence-electron chi connectivity index (χ1n) is 4.05. The van der Waals surface area contributed by atoms with Crippen LogP contribution in [0.25, 0.3) is 0 Å². The topological polar surface area (TPSA) is 46.5 Å². The van der Waals surface area contributed by atoms with Crippen LogP contribution in [0.15, 0.2) is 24.3 Å². The highest BCUT2D eigenvalue weighted by atomic mass is 35.5. The van der Waals surface area contributed by atoms with Crippen LogP contribution in [0.1, 0.15) is 12.5 Å². The van der Waals surface area contributed by atoms with Crippen LogP contribution in [-0.2, 0) is 15.1 Å². The molecule has 0 aliphatic heterocycles. The van der Waals surface area contributed by atoms with E-state index in [0.717, 1.165) is 0 Å². The number of benzene rings is 1. The lowest BCUT2D eigenvalue weighted by molar-refractivity contribution is -0.161. The highest BCUT2D eigenvalue weighted by Gasteiger charge is 2.33. The predicted octanol–water partition coefficient (Wildman–Crippen LogP) is 1.72. The molecule has 0 aromatic heterocycles.